The Labute approximate surface area is 177 Å². The Morgan fingerprint density at radius 1 is 1.30 bits per heavy atom. The summed E-state index contributed by atoms with van der Waals surface area (Å²) in [5, 5.41) is 2.87. The van der Waals surface area contributed by atoms with Gasteiger partial charge in [-0.25, -0.2) is 4.98 Å². The van der Waals surface area contributed by atoms with Gasteiger partial charge >= 0.3 is 0 Å². The molecule has 1 aromatic heterocycles. The lowest BCUT2D eigenvalue weighted by atomic mass is 10.1. The number of ether oxygens (including phenoxy) is 1. The van der Waals surface area contributed by atoms with Gasteiger partial charge in [-0.15, -0.1) is 0 Å². The van der Waals surface area contributed by atoms with Crippen molar-refractivity contribution in [1.82, 2.24) is 9.88 Å². The van der Waals surface area contributed by atoms with Crippen molar-refractivity contribution in [3.8, 4) is 17.6 Å². The van der Waals surface area contributed by atoms with Crippen LogP contribution in [0.4, 0.5) is 10.5 Å². The normalized spacial score (nSPS) is 13.5. The van der Waals surface area contributed by atoms with E-state index in [9.17, 15) is 9.59 Å². The van der Waals surface area contributed by atoms with Crippen LogP contribution in [0.25, 0.3) is 11.1 Å². The molecule has 0 radical (unpaired) electrons. The number of rotatable bonds is 5. The summed E-state index contributed by atoms with van der Waals surface area (Å²) >= 11 is 1.02. The summed E-state index contributed by atoms with van der Waals surface area (Å²) in [6.07, 6.45) is 0.338. The van der Waals surface area contributed by atoms with Gasteiger partial charge in [-0.1, -0.05) is 35.7 Å². The third-order valence-electron chi connectivity index (χ3n) is 4.64. The highest BCUT2D eigenvalue weighted by Gasteiger charge is 2.29. The first-order valence-corrected chi connectivity index (χ1v) is 10.3. The molecule has 0 unspecified atom stereocenters. The zero-order valence-corrected chi connectivity index (χ0v) is 17.3. The van der Waals surface area contributed by atoms with E-state index in [4.69, 9.17) is 9.15 Å². The van der Waals surface area contributed by atoms with Gasteiger partial charge in [-0.2, -0.15) is 0 Å². The number of hydrogen-bond donors (Lipinski definition) is 1. The summed E-state index contributed by atoms with van der Waals surface area (Å²) in [4.78, 5) is 29.5. The molecular weight excluding hydrogens is 402 g/mol. The molecular formula is C22H19N3O4S. The molecule has 8 heteroatoms. The number of fused-ring (bicyclic) bond motifs is 1. The number of benzene rings is 2. The highest BCUT2D eigenvalue weighted by molar-refractivity contribution is 8.14. The van der Waals surface area contributed by atoms with E-state index in [1.807, 2.05) is 37.4 Å². The standard InChI is InChI=1S/C22H19N3O4S/c1-23-16-6-4-7-18-21(16)24-19(29-18)8-3-5-15-11-14(9-10-17(15)28-2)12-25-20(26)13-30-22(25)27/h4,6-7,9-11,23H,8,12-13H2,1-2H3. The molecule has 152 valence electrons. The fourth-order valence-corrected chi connectivity index (χ4v) is 3.88. The van der Waals surface area contributed by atoms with Crippen LogP contribution in [0.5, 0.6) is 5.75 Å². The Kier molecular flexibility index (Phi) is 5.63. The molecule has 1 N–H and O–H groups in total. The highest BCUT2D eigenvalue weighted by Crippen LogP contribution is 2.25. The van der Waals surface area contributed by atoms with Crippen molar-refractivity contribution in [1.29, 1.82) is 0 Å². The molecule has 2 amide bonds. The number of anilines is 1. The zero-order chi connectivity index (χ0) is 21.1. The zero-order valence-electron chi connectivity index (χ0n) is 16.5. The molecule has 0 spiro atoms. The van der Waals surface area contributed by atoms with Crippen molar-refractivity contribution in [2.75, 3.05) is 25.2 Å². The third kappa shape index (κ3) is 3.98. The molecule has 2 aromatic carbocycles. The van der Waals surface area contributed by atoms with E-state index in [1.54, 1.807) is 13.2 Å². The van der Waals surface area contributed by atoms with E-state index < -0.39 is 0 Å². The second kappa shape index (κ2) is 8.51. The average Bonchev–Trinajstić information content (AvgIpc) is 3.31. The Morgan fingerprint density at radius 3 is 2.90 bits per heavy atom. The van der Waals surface area contributed by atoms with Gasteiger partial charge in [-0.3, -0.25) is 14.5 Å². The van der Waals surface area contributed by atoms with Crippen LogP contribution >= 0.6 is 11.8 Å². The number of aromatic nitrogens is 1. The molecule has 2 heterocycles. The molecule has 7 nitrogen and oxygen atoms in total. The van der Waals surface area contributed by atoms with Crippen LogP contribution in [0, 0.1) is 11.8 Å². The summed E-state index contributed by atoms with van der Waals surface area (Å²) in [5.41, 5.74) is 3.86. The van der Waals surface area contributed by atoms with Crippen molar-refractivity contribution in [3.63, 3.8) is 0 Å². The summed E-state index contributed by atoms with van der Waals surface area (Å²) in [5.74, 6) is 7.33. The van der Waals surface area contributed by atoms with Crippen molar-refractivity contribution >= 4 is 39.7 Å². The van der Waals surface area contributed by atoms with E-state index in [2.05, 4.69) is 22.1 Å². The molecule has 1 fully saturated rings. The van der Waals surface area contributed by atoms with Gasteiger partial charge in [0.15, 0.2) is 5.58 Å². The van der Waals surface area contributed by atoms with Crippen LogP contribution in [0.2, 0.25) is 0 Å². The minimum Gasteiger partial charge on any atom is -0.495 e. The molecule has 0 saturated carbocycles. The third-order valence-corrected chi connectivity index (χ3v) is 5.50. The molecule has 30 heavy (non-hydrogen) atoms. The average molecular weight is 421 g/mol. The number of imide groups is 1. The molecule has 0 atom stereocenters. The Hall–Kier alpha value is -3.44. The number of hydrogen-bond acceptors (Lipinski definition) is 7. The first kappa shape index (κ1) is 19.9. The Morgan fingerprint density at radius 2 is 2.17 bits per heavy atom. The van der Waals surface area contributed by atoms with Gasteiger partial charge < -0.3 is 14.5 Å². The van der Waals surface area contributed by atoms with Crippen LogP contribution in [-0.4, -0.2) is 40.9 Å². The predicted molar refractivity (Wildman–Crippen MR) is 116 cm³/mol. The number of nitrogens with one attached hydrogen (secondary N) is 1. The van der Waals surface area contributed by atoms with Crippen molar-refractivity contribution < 1.29 is 18.7 Å². The number of nitrogens with zero attached hydrogens (tertiary/aromatic N) is 2. The number of oxazole rings is 1. The van der Waals surface area contributed by atoms with E-state index in [-0.39, 0.29) is 23.4 Å². The number of amides is 2. The second-order valence-electron chi connectivity index (χ2n) is 6.56. The van der Waals surface area contributed by atoms with Gasteiger partial charge in [0.05, 0.1) is 37.1 Å². The first-order chi connectivity index (χ1) is 14.6. The van der Waals surface area contributed by atoms with Crippen LogP contribution < -0.4 is 10.1 Å². The van der Waals surface area contributed by atoms with Gasteiger partial charge in [0.25, 0.3) is 5.24 Å². The van der Waals surface area contributed by atoms with E-state index in [0.29, 0.717) is 29.2 Å². The van der Waals surface area contributed by atoms with Gasteiger partial charge in [0, 0.05) is 7.05 Å². The van der Waals surface area contributed by atoms with Gasteiger partial charge in [0.2, 0.25) is 11.8 Å². The number of carbonyl (C=O) groups excluding carboxylic acids is 2. The topological polar surface area (TPSA) is 84.7 Å². The monoisotopic (exact) mass is 421 g/mol. The summed E-state index contributed by atoms with van der Waals surface area (Å²) in [6, 6.07) is 11.2. The fourth-order valence-electron chi connectivity index (χ4n) is 3.15. The summed E-state index contributed by atoms with van der Waals surface area (Å²) in [6.45, 7) is 0.223. The number of carbonyl (C=O) groups is 2. The van der Waals surface area contributed by atoms with Crippen LogP contribution in [0.15, 0.2) is 40.8 Å². The lowest BCUT2D eigenvalue weighted by Gasteiger charge is -2.13. The highest BCUT2D eigenvalue weighted by atomic mass is 32.2. The SMILES string of the molecule is CNc1cccc2oc(CC#Cc3cc(CN4C(=O)CSC4=O)ccc3OC)nc12. The quantitative estimate of drug-likeness (QED) is 0.629. The minimum absolute atomic E-state index is 0.176. The van der Waals surface area contributed by atoms with Crippen molar-refractivity contribution in [2.45, 2.75) is 13.0 Å². The second-order valence-corrected chi connectivity index (χ2v) is 7.48. The lowest BCUT2D eigenvalue weighted by Crippen LogP contribution is -2.27. The summed E-state index contributed by atoms with van der Waals surface area (Å²) < 4.78 is 11.2. The fraction of sp³-hybridized carbons (Fsp3) is 0.227. The number of thioether (sulfide) groups is 1. The maximum Gasteiger partial charge on any atom is 0.289 e. The van der Waals surface area contributed by atoms with E-state index in [0.717, 1.165) is 28.5 Å². The number of methoxy groups -OCH3 is 1. The van der Waals surface area contributed by atoms with Crippen LogP contribution in [0.3, 0.4) is 0 Å². The molecule has 1 aliphatic rings. The molecule has 0 aliphatic carbocycles. The van der Waals surface area contributed by atoms with Crippen molar-refractivity contribution in [3.05, 3.63) is 53.4 Å². The number of para-hydroxylation sites is 1. The van der Waals surface area contributed by atoms with Gasteiger partial charge in [0.1, 0.15) is 11.3 Å². The molecule has 3 aromatic rings. The van der Waals surface area contributed by atoms with Crippen LogP contribution in [0.1, 0.15) is 17.0 Å². The maximum atomic E-state index is 11.9. The van der Waals surface area contributed by atoms with Crippen LogP contribution in [-0.2, 0) is 17.8 Å². The smallest absolute Gasteiger partial charge is 0.289 e. The Bertz CT molecular complexity index is 1180. The molecule has 1 saturated heterocycles. The molecule has 0 bridgehead atoms. The summed E-state index contributed by atoms with van der Waals surface area (Å²) in [7, 11) is 3.41. The largest absolute Gasteiger partial charge is 0.495 e. The van der Waals surface area contributed by atoms with Crippen molar-refractivity contribution in [2.24, 2.45) is 0 Å². The maximum absolute atomic E-state index is 11.9. The van der Waals surface area contributed by atoms with Gasteiger partial charge in [-0.05, 0) is 29.8 Å². The molecule has 1 aliphatic heterocycles. The lowest BCUT2D eigenvalue weighted by molar-refractivity contribution is -0.125. The van der Waals surface area contributed by atoms with E-state index in [1.165, 1.54) is 4.90 Å². The minimum atomic E-state index is -0.222. The predicted octanol–water partition coefficient (Wildman–Crippen LogP) is 3.67. The Balaban J connectivity index is 1.55. The van der Waals surface area contributed by atoms with E-state index >= 15 is 0 Å². The first-order valence-electron chi connectivity index (χ1n) is 9.28. The molecule has 4 rings (SSSR count).